The molecule has 7 nitrogen and oxygen atoms in total. The van der Waals surface area contributed by atoms with Crippen molar-refractivity contribution in [3.63, 3.8) is 0 Å². The fourth-order valence-electron chi connectivity index (χ4n) is 2.16. The van der Waals surface area contributed by atoms with Crippen LogP contribution in [0.5, 0.6) is 0 Å². The molecule has 0 aliphatic carbocycles. The van der Waals surface area contributed by atoms with Crippen molar-refractivity contribution >= 4 is 33.4 Å². The minimum Gasteiger partial charge on any atom is -0.451 e. The molecule has 2 heterocycles. The second kappa shape index (κ2) is 7.35. The Morgan fingerprint density at radius 2 is 2.08 bits per heavy atom. The molecule has 1 amide bonds. The van der Waals surface area contributed by atoms with Gasteiger partial charge in [-0.2, -0.15) is 0 Å². The Bertz CT molecular complexity index is 864. The summed E-state index contributed by atoms with van der Waals surface area (Å²) in [5, 5.41) is 0.831. The first-order valence-corrected chi connectivity index (χ1v) is 8.42. The van der Waals surface area contributed by atoms with Gasteiger partial charge >= 0.3 is 5.97 Å². The Labute approximate surface area is 148 Å². The Morgan fingerprint density at radius 3 is 2.80 bits per heavy atom. The number of hydrogen-bond donors (Lipinski definition) is 0. The Hall–Kier alpha value is -2.87. The molecular formula is C17H16N4O3S. The number of fused-ring (bicyclic) bond motifs is 1. The van der Waals surface area contributed by atoms with Crippen molar-refractivity contribution in [2.75, 3.05) is 13.7 Å². The lowest BCUT2D eigenvalue weighted by atomic mass is 10.3. The number of likely N-dealkylation sites (N-methyl/N-ethyl adjacent to an activating group) is 1. The van der Waals surface area contributed by atoms with Crippen LogP contribution in [0, 0.1) is 0 Å². The smallest absolute Gasteiger partial charge is 0.359 e. The van der Waals surface area contributed by atoms with Crippen LogP contribution in [0.1, 0.15) is 28.5 Å². The molecule has 0 spiro atoms. The summed E-state index contributed by atoms with van der Waals surface area (Å²) >= 11 is 1.54. The Balaban J connectivity index is 1.62. The van der Waals surface area contributed by atoms with Gasteiger partial charge in [0.25, 0.3) is 5.91 Å². The van der Waals surface area contributed by atoms with Crippen LogP contribution in [0.3, 0.4) is 0 Å². The number of nitrogens with zero attached hydrogens (tertiary/aromatic N) is 4. The van der Waals surface area contributed by atoms with Crippen molar-refractivity contribution < 1.29 is 14.3 Å². The van der Waals surface area contributed by atoms with Crippen LogP contribution >= 0.6 is 11.3 Å². The van der Waals surface area contributed by atoms with Gasteiger partial charge in [0.05, 0.1) is 22.5 Å². The molecule has 0 saturated heterocycles. The summed E-state index contributed by atoms with van der Waals surface area (Å²) in [6.45, 7) is 1.53. The van der Waals surface area contributed by atoms with Crippen LogP contribution < -0.4 is 0 Å². The highest BCUT2D eigenvalue weighted by molar-refractivity contribution is 7.18. The summed E-state index contributed by atoms with van der Waals surface area (Å²) < 4.78 is 6.08. The summed E-state index contributed by atoms with van der Waals surface area (Å²) in [4.78, 5) is 37.8. The van der Waals surface area contributed by atoms with E-state index < -0.39 is 5.97 Å². The van der Waals surface area contributed by atoms with E-state index in [0.717, 1.165) is 15.2 Å². The predicted molar refractivity (Wildman–Crippen MR) is 93.1 cm³/mol. The van der Waals surface area contributed by atoms with Crippen LogP contribution in [0.15, 0.2) is 42.9 Å². The van der Waals surface area contributed by atoms with Crippen molar-refractivity contribution in [1.29, 1.82) is 0 Å². The highest BCUT2D eigenvalue weighted by Crippen LogP contribution is 2.28. The maximum Gasteiger partial charge on any atom is 0.359 e. The number of thiazole rings is 1. The molecule has 1 atom stereocenters. The second-order valence-electron chi connectivity index (χ2n) is 5.37. The second-order valence-corrected chi connectivity index (χ2v) is 6.43. The minimum atomic E-state index is -0.678. The highest BCUT2D eigenvalue weighted by atomic mass is 32.1. The fraction of sp³-hybridized carbons (Fsp3) is 0.235. The van der Waals surface area contributed by atoms with Gasteiger partial charge in [0.1, 0.15) is 5.01 Å². The predicted octanol–water partition coefficient (Wildman–Crippen LogP) is 2.46. The summed E-state index contributed by atoms with van der Waals surface area (Å²) in [7, 11) is 1.66. The van der Waals surface area contributed by atoms with Gasteiger partial charge in [-0.25, -0.2) is 14.8 Å². The van der Waals surface area contributed by atoms with Crippen molar-refractivity contribution in [3.05, 3.63) is 53.6 Å². The molecule has 0 aliphatic heterocycles. The summed E-state index contributed by atoms with van der Waals surface area (Å²) in [6.07, 6.45) is 4.13. The molecule has 0 bridgehead atoms. The van der Waals surface area contributed by atoms with E-state index in [0.29, 0.717) is 0 Å². The highest BCUT2D eigenvalue weighted by Gasteiger charge is 2.22. The van der Waals surface area contributed by atoms with Gasteiger partial charge in [0.15, 0.2) is 12.3 Å². The zero-order valence-electron chi connectivity index (χ0n) is 13.7. The van der Waals surface area contributed by atoms with E-state index in [4.69, 9.17) is 4.74 Å². The molecule has 0 saturated carbocycles. The molecule has 0 unspecified atom stereocenters. The number of aromatic nitrogens is 3. The lowest BCUT2D eigenvalue weighted by Gasteiger charge is -2.22. The van der Waals surface area contributed by atoms with Crippen LogP contribution in [0.25, 0.3) is 10.2 Å². The van der Waals surface area contributed by atoms with Crippen LogP contribution in [0.2, 0.25) is 0 Å². The van der Waals surface area contributed by atoms with Crippen LogP contribution in [-0.2, 0) is 9.53 Å². The standard InChI is InChI=1S/C17H16N4O3S/c1-11(16-20-12-5-3-4-6-14(12)25-16)21(2)15(22)10-24-17(23)13-9-18-7-8-19-13/h3-9,11H,10H2,1-2H3/t11-/m0/s1. The molecule has 25 heavy (non-hydrogen) atoms. The molecule has 1 aromatic carbocycles. The monoisotopic (exact) mass is 356 g/mol. The fourth-order valence-corrected chi connectivity index (χ4v) is 3.22. The molecule has 0 N–H and O–H groups in total. The van der Waals surface area contributed by atoms with E-state index >= 15 is 0 Å². The molecule has 0 aliphatic rings. The van der Waals surface area contributed by atoms with E-state index in [2.05, 4.69) is 15.0 Å². The maximum atomic E-state index is 12.3. The zero-order valence-corrected chi connectivity index (χ0v) is 14.6. The summed E-state index contributed by atoms with van der Waals surface area (Å²) in [6, 6.07) is 7.59. The van der Waals surface area contributed by atoms with Crippen molar-refractivity contribution in [1.82, 2.24) is 19.9 Å². The number of carbonyl (C=O) groups excluding carboxylic acids is 2. The molecule has 3 aromatic rings. The minimum absolute atomic E-state index is 0.0668. The third-order valence-electron chi connectivity index (χ3n) is 3.74. The number of ether oxygens (including phenoxy) is 1. The van der Waals surface area contributed by atoms with Gasteiger partial charge in [0.2, 0.25) is 0 Å². The van der Waals surface area contributed by atoms with E-state index in [-0.39, 0.29) is 24.2 Å². The SMILES string of the molecule is C[C@@H](c1nc2ccccc2s1)N(C)C(=O)COC(=O)c1cnccn1. The summed E-state index contributed by atoms with van der Waals surface area (Å²) in [5.41, 5.74) is 0.974. The number of rotatable bonds is 5. The van der Waals surface area contributed by atoms with Gasteiger partial charge in [-0.15, -0.1) is 11.3 Å². The molecule has 2 aromatic heterocycles. The Morgan fingerprint density at radius 1 is 1.28 bits per heavy atom. The first kappa shape index (κ1) is 17.0. The third kappa shape index (κ3) is 3.80. The first-order valence-electron chi connectivity index (χ1n) is 7.60. The normalized spacial score (nSPS) is 11.9. The van der Waals surface area contributed by atoms with E-state index in [1.165, 1.54) is 23.5 Å². The molecule has 0 radical (unpaired) electrons. The number of carbonyl (C=O) groups is 2. The van der Waals surface area contributed by atoms with Crippen molar-refractivity contribution in [2.45, 2.75) is 13.0 Å². The molecule has 3 rings (SSSR count). The lowest BCUT2D eigenvalue weighted by molar-refractivity contribution is -0.135. The lowest BCUT2D eigenvalue weighted by Crippen LogP contribution is -2.33. The van der Waals surface area contributed by atoms with Gasteiger partial charge in [0, 0.05) is 19.4 Å². The molecule has 8 heteroatoms. The quantitative estimate of drug-likeness (QED) is 0.653. The zero-order chi connectivity index (χ0) is 17.8. The number of para-hydroxylation sites is 1. The molecule has 0 fully saturated rings. The number of hydrogen-bond acceptors (Lipinski definition) is 7. The van der Waals surface area contributed by atoms with Crippen LogP contribution in [0.4, 0.5) is 0 Å². The summed E-state index contributed by atoms with van der Waals surface area (Å²) in [5.74, 6) is -0.994. The van der Waals surface area contributed by atoms with Gasteiger partial charge in [-0.05, 0) is 19.1 Å². The van der Waals surface area contributed by atoms with Crippen LogP contribution in [-0.4, -0.2) is 45.4 Å². The topological polar surface area (TPSA) is 85.3 Å². The average Bonchev–Trinajstić information content (AvgIpc) is 3.09. The molecule has 128 valence electrons. The Kier molecular flexibility index (Phi) is 4.99. The van der Waals surface area contributed by atoms with E-state index in [1.54, 1.807) is 18.4 Å². The average molecular weight is 356 g/mol. The van der Waals surface area contributed by atoms with Crippen molar-refractivity contribution in [3.8, 4) is 0 Å². The number of esters is 1. The third-order valence-corrected chi connectivity index (χ3v) is 4.95. The van der Waals surface area contributed by atoms with Gasteiger partial charge < -0.3 is 9.64 Å². The number of amides is 1. The van der Waals surface area contributed by atoms with E-state index in [9.17, 15) is 9.59 Å². The van der Waals surface area contributed by atoms with Gasteiger partial charge in [-0.1, -0.05) is 12.1 Å². The van der Waals surface area contributed by atoms with E-state index in [1.807, 2.05) is 31.2 Å². The van der Waals surface area contributed by atoms with Crippen molar-refractivity contribution in [2.24, 2.45) is 0 Å². The largest absolute Gasteiger partial charge is 0.451 e. The first-order chi connectivity index (χ1) is 12.1. The maximum absolute atomic E-state index is 12.3. The molecular weight excluding hydrogens is 340 g/mol. The number of benzene rings is 1. The van der Waals surface area contributed by atoms with Gasteiger partial charge in [-0.3, -0.25) is 9.78 Å².